The van der Waals surface area contributed by atoms with Crippen molar-refractivity contribution in [1.29, 1.82) is 0 Å². The molecule has 0 aliphatic heterocycles. The highest BCUT2D eigenvalue weighted by Gasteiger charge is 2.04. The van der Waals surface area contributed by atoms with Crippen molar-refractivity contribution in [2.75, 3.05) is 0 Å². The van der Waals surface area contributed by atoms with Crippen molar-refractivity contribution in [3.63, 3.8) is 0 Å². The Labute approximate surface area is 110 Å². The predicted octanol–water partition coefficient (Wildman–Crippen LogP) is 3.04. The fraction of sp³-hybridized carbons (Fsp3) is 0.133. The Morgan fingerprint density at radius 2 is 1.19 bits per heavy atom. The first-order valence-electron chi connectivity index (χ1n) is 9.62. The standard InChI is InChI=1S/C15H14O/c16-15(11-13-7-3-1-4-8-13)12-14-9-5-2-6-10-14/h1-10H,11-12H2/i1D,2D,3D,4D,5D,6D,7D,8D,9D,10D. The first-order valence-corrected chi connectivity index (χ1v) is 4.62. The molecule has 0 spiro atoms. The molecule has 0 aromatic heterocycles. The highest BCUT2D eigenvalue weighted by molar-refractivity contribution is 5.83. The normalized spacial score (nSPS) is 18.8. The Morgan fingerprint density at radius 1 is 0.812 bits per heavy atom. The minimum absolute atomic E-state index is 0.187. The second kappa shape index (κ2) is 5.26. The van der Waals surface area contributed by atoms with Gasteiger partial charge in [0, 0.05) is 12.8 Å². The maximum Gasteiger partial charge on any atom is 0.141 e. The molecular formula is C15H14O. The fourth-order valence-electron chi connectivity index (χ4n) is 1.19. The Bertz CT molecular complexity index is 790. The summed E-state index contributed by atoms with van der Waals surface area (Å²) in [5.41, 5.74) is -0.373. The van der Waals surface area contributed by atoms with Gasteiger partial charge in [-0.15, -0.1) is 0 Å². The Kier molecular flexibility index (Phi) is 1.27. The van der Waals surface area contributed by atoms with Crippen LogP contribution in [-0.2, 0) is 17.6 Å². The first kappa shape index (κ1) is 3.85. The van der Waals surface area contributed by atoms with E-state index >= 15 is 0 Å². The molecule has 0 fully saturated rings. The zero-order valence-electron chi connectivity index (χ0n) is 18.3. The molecule has 2 rings (SSSR count). The monoisotopic (exact) mass is 220 g/mol. The second-order valence-corrected chi connectivity index (χ2v) is 3.10. The zero-order chi connectivity index (χ0) is 19.9. The third-order valence-corrected chi connectivity index (χ3v) is 1.85. The Morgan fingerprint density at radius 3 is 1.56 bits per heavy atom. The van der Waals surface area contributed by atoms with Crippen molar-refractivity contribution in [1.82, 2.24) is 0 Å². The number of hydrogen-bond donors (Lipinski definition) is 0. The lowest BCUT2D eigenvalue weighted by atomic mass is 10.0. The molecule has 0 N–H and O–H groups in total. The summed E-state index contributed by atoms with van der Waals surface area (Å²) in [4.78, 5) is 12.3. The number of carbonyl (C=O) groups is 1. The summed E-state index contributed by atoms with van der Waals surface area (Å²) in [7, 11) is 0. The molecule has 0 saturated heterocycles. The van der Waals surface area contributed by atoms with E-state index in [2.05, 4.69) is 0 Å². The number of hydrogen-bond acceptors (Lipinski definition) is 1. The fourth-order valence-corrected chi connectivity index (χ4v) is 1.19. The lowest BCUT2D eigenvalue weighted by molar-refractivity contribution is -0.117. The van der Waals surface area contributed by atoms with Gasteiger partial charge in [-0.2, -0.15) is 0 Å². The van der Waals surface area contributed by atoms with E-state index in [1.165, 1.54) is 0 Å². The molecule has 0 saturated carbocycles. The summed E-state index contributed by atoms with van der Waals surface area (Å²) in [5, 5.41) is 0. The van der Waals surface area contributed by atoms with Gasteiger partial charge in [-0.1, -0.05) is 60.4 Å². The van der Waals surface area contributed by atoms with Crippen LogP contribution in [0.4, 0.5) is 0 Å². The molecular weight excluding hydrogens is 196 g/mol. The van der Waals surface area contributed by atoms with E-state index in [1.807, 2.05) is 0 Å². The Balaban J connectivity index is 2.41. The van der Waals surface area contributed by atoms with Gasteiger partial charge in [0.2, 0.25) is 0 Å². The van der Waals surface area contributed by atoms with Gasteiger partial charge in [0.15, 0.2) is 0 Å². The van der Waals surface area contributed by atoms with Gasteiger partial charge < -0.3 is 0 Å². The summed E-state index contributed by atoms with van der Waals surface area (Å²) in [6, 6.07) is -5.35. The largest absolute Gasteiger partial charge is 0.299 e. The molecule has 0 unspecified atom stereocenters. The third kappa shape index (κ3) is 3.06. The quantitative estimate of drug-likeness (QED) is 0.774. The first-order chi connectivity index (χ1) is 12.0. The molecule has 0 aliphatic rings. The maximum absolute atomic E-state index is 12.3. The molecule has 1 nitrogen and oxygen atoms in total. The van der Waals surface area contributed by atoms with E-state index in [0.717, 1.165) is 0 Å². The molecule has 0 atom stereocenters. The van der Waals surface area contributed by atoms with E-state index in [4.69, 9.17) is 13.7 Å². The van der Waals surface area contributed by atoms with E-state index in [9.17, 15) is 4.79 Å². The molecule has 2 aromatic rings. The van der Waals surface area contributed by atoms with Crippen LogP contribution in [0.5, 0.6) is 0 Å². The van der Waals surface area contributed by atoms with Crippen LogP contribution in [0.3, 0.4) is 0 Å². The van der Waals surface area contributed by atoms with Crippen LogP contribution in [0.25, 0.3) is 0 Å². The van der Waals surface area contributed by atoms with Crippen molar-refractivity contribution in [2.45, 2.75) is 12.8 Å². The van der Waals surface area contributed by atoms with Crippen LogP contribution in [-0.4, -0.2) is 5.78 Å². The van der Waals surface area contributed by atoms with Gasteiger partial charge in [-0.3, -0.25) is 4.79 Å². The minimum Gasteiger partial charge on any atom is -0.299 e. The molecule has 80 valence electrons. The average molecular weight is 220 g/mol. The van der Waals surface area contributed by atoms with E-state index < -0.39 is 79.0 Å². The van der Waals surface area contributed by atoms with Gasteiger partial charge in [0.1, 0.15) is 5.78 Å². The smallest absolute Gasteiger partial charge is 0.141 e. The van der Waals surface area contributed by atoms with Gasteiger partial charge in [0.05, 0.1) is 13.7 Å². The number of rotatable bonds is 4. The van der Waals surface area contributed by atoms with E-state index in [-0.39, 0.29) is 11.1 Å². The molecule has 0 aliphatic carbocycles. The van der Waals surface area contributed by atoms with Crippen LogP contribution in [0.15, 0.2) is 60.4 Å². The van der Waals surface area contributed by atoms with Crippen LogP contribution in [0, 0.1) is 0 Å². The van der Waals surface area contributed by atoms with Crippen molar-refractivity contribution in [3.8, 4) is 0 Å². The van der Waals surface area contributed by atoms with E-state index in [1.54, 1.807) is 0 Å². The van der Waals surface area contributed by atoms with E-state index in [0.29, 0.717) is 0 Å². The minimum atomic E-state index is -0.623. The number of ketones is 1. The highest BCUT2D eigenvalue weighted by Crippen LogP contribution is 2.05. The summed E-state index contributed by atoms with van der Waals surface area (Å²) in [5.74, 6) is -0.623. The molecule has 0 heterocycles. The predicted molar refractivity (Wildman–Crippen MR) is 65.3 cm³/mol. The summed E-state index contributed by atoms with van der Waals surface area (Å²) >= 11 is 0. The third-order valence-electron chi connectivity index (χ3n) is 1.85. The number of carbonyl (C=O) groups excluding carboxylic acids is 1. The van der Waals surface area contributed by atoms with Crippen molar-refractivity contribution < 1.29 is 18.5 Å². The number of benzene rings is 2. The Hall–Kier alpha value is -1.89. The molecule has 2 aromatic carbocycles. The second-order valence-electron chi connectivity index (χ2n) is 3.10. The molecule has 0 amide bonds. The average Bonchev–Trinajstić information content (AvgIpc) is 2.62. The molecule has 1 heteroatoms. The van der Waals surface area contributed by atoms with Gasteiger partial charge >= 0.3 is 0 Å². The van der Waals surface area contributed by atoms with Crippen molar-refractivity contribution >= 4 is 5.78 Å². The zero-order valence-corrected chi connectivity index (χ0v) is 8.32. The SMILES string of the molecule is [2H]c1c([2H])c([2H])c(CC(=O)Cc2c([2H])c([2H])c([2H])c([2H])c2[2H])c([2H])c1[2H]. The molecule has 0 bridgehead atoms. The van der Waals surface area contributed by atoms with Gasteiger partial charge in [-0.05, 0) is 11.1 Å². The summed E-state index contributed by atoms with van der Waals surface area (Å²) < 4.78 is 76.7. The summed E-state index contributed by atoms with van der Waals surface area (Å²) in [6.45, 7) is 0. The van der Waals surface area contributed by atoms with Crippen molar-refractivity contribution in [3.05, 3.63) is 71.6 Å². The van der Waals surface area contributed by atoms with Crippen LogP contribution in [0.2, 0.25) is 0 Å². The van der Waals surface area contributed by atoms with Crippen LogP contribution >= 0.6 is 0 Å². The van der Waals surface area contributed by atoms with Crippen LogP contribution < -0.4 is 0 Å². The molecule has 0 radical (unpaired) electrons. The van der Waals surface area contributed by atoms with Gasteiger partial charge in [0.25, 0.3) is 0 Å². The highest BCUT2D eigenvalue weighted by atomic mass is 16.1. The lowest BCUT2D eigenvalue weighted by Gasteiger charge is -2.01. The maximum atomic E-state index is 12.3. The number of Topliss-reactive ketones (excluding diaryl/α,β-unsaturated/α-hetero) is 1. The van der Waals surface area contributed by atoms with Crippen molar-refractivity contribution in [2.24, 2.45) is 0 Å². The lowest BCUT2D eigenvalue weighted by Crippen LogP contribution is -2.06. The molecule has 16 heavy (non-hydrogen) atoms. The summed E-state index contributed by atoms with van der Waals surface area (Å²) in [6.07, 6.45) is -1.00. The van der Waals surface area contributed by atoms with Gasteiger partial charge in [-0.25, -0.2) is 0 Å². The topological polar surface area (TPSA) is 17.1 Å². The van der Waals surface area contributed by atoms with Crippen LogP contribution in [0.1, 0.15) is 24.8 Å².